The van der Waals surface area contributed by atoms with Gasteiger partial charge in [0.1, 0.15) is 11.0 Å². The minimum atomic E-state index is 0.882. The largest absolute Gasteiger partial charge is 0.310 e. The molecule has 234 valence electrons. The van der Waals surface area contributed by atoms with Crippen LogP contribution in [0.4, 0.5) is 17.1 Å². The van der Waals surface area contributed by atoms with Crippen molar-refractivity contribution in [2.24, 2.45) is 0 Å². The molecular formula is C44H26N4S2. The Bertz CT molecular complexity index is 2930. The second-order valence-electron chi connectivity index (χ2n) is 12.7. The van der Waals surface area contributed by atoms with E-state index in [0.29, 0.717) is 0 Å². The van der Waals surface area contributed by atoms with Crippen LogP contribution in [0.2, 0.25) is 0 Å². The van der Waals surface area contributed by atoms with Gasteiger partial charge in [0.05, 0.1) is 5.69 Å². The molecule has 11 rings (SSSR count). The van der Waals surface area contributed by atoms with Gasteiger partial charge in [-0.2, -0.15) is 4.80 Å². The van der Waals surface area contributed by atoms with Crippen LogP contribution in [0.5, 0.6) is 0 Å². The SMILES string of the molecule is c1ccc2c(c1)ccc1c3ccc(N(c4ccc(-n5nc6ccccc6n5)cc4)c4ccc5c(c4)sc4c6ccccc6ccc54)cc3sc21. The summed E-state index contributed by atoms with van der Waals surface area (Å²) in [6, 6.07) is 56.8. The van der Waals surface area contributed by atoms with E-state index in [1.165, 1.54) is 61.9 Å². The van der Waals surface area contributed by atoms with Gasteiger partial charge < -0.3 is 4.90 Å². The standard InChI is InChI=1S/C44H26N4S2/c1-3-9-33-27(7-1)13-21-37-35-23-19-31(25-41(35)49-43(33)37)47(29-15-17-30(18-16-29)48-45-39-11-5-6-12-40(39)46-48)32-20-24-36-38-22-14-28-8-2-4-10-34(28)44(38)50-42(36)26-32/h1-26H. The van der Waals surface area contributed by atoms with Crippen molar-refractivity contribution in [3.8, 4) is 5.69 Å². The third-order valence-electron chi connectivity index (χ3n) is 9.84. The summed E-state index contributed by atoms with van der Waals surface area (Å²) >= 11 is 3.75. The Labute approximate surface area is 294 Å². The molecule has 0 fully saturated rings. The molecule has 3 aromatic heterocycles. The molecule has 0 aliphatic heterocycles. The van der Waals surface area contributed by atoms with Gasteiger partial charge in [0.25, 0.3) is 0 Å². The molecule has 0 N–H and O–H groups in total. The molecule has 0 unspecified atom stereocenters. The van der Waals surface area contributed by atoms with Crippen LogP contribution in [0.3, 0.4) is 0 Å². The third kappa shape index (κ3) is 4.22. The van der Waals surface area contributed by atoms with Crippen molar-refractivity contribution in [3.05, 3.63) is 158 Å². The highest BCUT2D eigenvalue weighted by Gasteiger charge is 2.18. The molecule has 6 heteroatoms. The van der Waals surface area contributed by atoms with Crippen molar-refractivity contribution in [1.82, 2.24) is 15.0 Å². The zero-order chi connectivity index (χ0) is 32.8. The fourth-order valence-corrected chi connectivity index (χ4v) is 9.96. The van der Waals surface area contributed by atoms with Gasteiger partial charge in [0.15, 0.2) is 0 Å². The first-order valence-electron chi connectivity index (χ1n) is 16.7. The average molecular weight is 675 g/mol. The Morgan fingerprint density at radius 2 is 0.860 bits per heavy atom. The number of anilines is 3. The minimum Gasteiger partial charge on any atom is -0.310 e. The lowest BCUT2D eigenvalue weighted by atomic mass is 10.1. The number of fused-ring (bicyclic) bond motifs is 11. The van der Waals surface area contributed by atoms with Gasteiger partial charge in [-0.3, -0.25) is 0 Å². The van der Waals surface area contributed by atoms with E-state index >= 15 is 0 Å². The number of hydrogen-bond acceptors (Lipinski definition) is 5. The molecule has 0 amide bonds. The van der Waals surface area contributed by atoms with Crippen molar-refractivity contribution in [2.75, 3.05) is 4.90 Å². The summed E-state index contributed by atoms with van der Waals surface area (Å²) in [4.78, 5) is 4.10. The molecule has 0 saturated carbocycles. The fraction of sp³-hybridized carbons (Fsp3) is 0. The highest BCUT2D eigenvalue weighted by atomic mass is 32.1. The van der Waals surface area contributed by atoms with Crippen molar-refractivity contribution in [1.29, 1.82) is 0 Å². The van der Waals surface area contributed by atoms with Gasteiger partial charge in [-0.05, 0) is 82.2 Å². The topological polar surface area (TPSA) is 34.0 Å². The van der Waals surface area contributed by atoms with Crippen LogP contribution in [-0.2, 0) is 0 Å². The van der Waals surface area contributed by atoms with E-state index in [1.807, 2.05) is 46.9 Å². The van der Waals surface area contributed by atoms with Gasteiger partial charge in [-0.1, -0.05) is 97.1 Å². The monoisotopic (exact) mass is 674 g/mol. The van der Waals surface area contributed by atoms with Gasteiger partial charge in [0.2, 0.25) is 0 Å². The van der Waals surface area contributed by atoms with Gasteiger partial charge >= 0.3 is 0 Å². The first kappa shape index (κ1) is 27.8. The summed E-state index contributed by atoms with van der Waals surface area (Å²) in [7, 11) is 0. The molecule has 0 bridgehead atoms. The van der Waals surface area contributed by atoms with E-state index in [0.717, 1.165) is 33.8 Å². The highest BCUT2D eigenvalue weighted by molar-refractivity contribution is 7.27. The Hall–Kier alpha value is -6.08. The van der Waals surface area contributed by atoms with Crippen molar-refractivity contribution in [3.63, 3.8) is 0 Å². The van der Waals surface area contributed by atoms with Crippen molar-refractivity contribution in [2.45, 2.75) is 0 Å². The zero-order valence-electron chi connectivity index (χ0n) is 26.6. The molecule has 0 spiro atoms. The summed E-state index contributed by atoms with van der Waals surface area (Å²) in [6.45, 7) is 0. The Morgan fingerprint density at radius 1 is 0.400 bits per heavy atom. The Balaban J connectivity index is 1.09. The molecule has 11 aromatic rings. The summed E-state index contributed by atoms with van der Waals surface area (Å²) in [5.74, 6) is 0. The van der Waals surface area contributed by atoms with E-state index in [9.17, 15) is 0 Å². The van der Waals surface area contributed by atoms with E-state index < -0.39 is 0 Å². The van der Waals surface area contributed by atoms with Crippen LogP contribution in [0, 0.1) is 0 Å². The molecule has 0 atom stereocenters. The summed E-state index contributed by atoms with van der Waals surface area (Å²) < 4.78 is 5.22. The minimum absolute atomic E-state index is 0.882. The predicted octanol–water partition coefficient (Wildman–Crippen LogP) is 12.9. The lowest BCUT2D eigenvalue weighted by Gasteiger charge is -2.26. The van der Waals surface area contributed by atoms with Gasteiger partial charge in [-0.15, -0.1) is 32.9 Å². The second kappa shape index (κ2) is 10.7. The first-order chi connectivity index (χ1) is 24.7. The number of thiophene rings is 2. The maximum atomic E-state index is 4.72. The van der Waals surface area contributed by atoms with Crippen molar-refractivity contribution >= 4 is 113 Å². The summed E-state index contributed by atoms with van der Waals surface area (Å²) in [5.41, 5.74) is 6.00. The molecule has 0 radical (unpaired) electrons. The molecule has 3 heterocycles. The molecule has 50 heavy (non-hydrogen) atoms. The summed E-state index contributed by atoms with van der Waals surface area (Å²) in [5, 5.41) is 19.8. The molecule has 0 saturated heterocycles. The molecular weight excluding hydrogens is 649 g/mol. The van der Waals surface area contributed by atoms with Crippen LogP contribution in [0.25, 0.3) is 78.6 Å². The van der Waals surface area contributed by atoms with Crippen LogP contribution < -0.4 is 4.90 Å². The number of rotatable bonds is 4. The zero-order valence-corrected chi connectivity index (χ0v) is 28.2. The van der Waals surface area contributed by atoms with Crippen molar-refractivity contribution < 1.29 is 0 Å². The fourth-order valence-electron chi connectivity index (χ4n) is 7.42. The van der Waals surface area contributed by atoms with Crippen LogP contribution in [0.15, 0.2) is 158 Å². The number of benzene rings is 8. The number of aromatic nitrogens is 3. The lowest BCUT2D eigenvalue weighted by Crippen LogP contribution is -2.10. The predicted molar refractivity (Wildman–Crippen MR) is 214 cm³/mol. The lowest BCUT2D eigenvalue weighted by molar-refractivity contribution is 0.766. The molecule has 8 aromatic carbocycles. The van der Waals surface area contributed by atoms with E-state index in [4.69, 9.17) is 10.2 Å². The summed E-state index contributed by atoms with van der Waals surface area (Å²) in [6.07, 6.45) is 0. The van der Waals surface area contributed by atoms with Gasteiger partial charge in [-0.25, -0.2) is 0 Å². The number of nitrogens with zero attached hydrogens (tertiary/aromatic N) is 4. The van der Waals surface area contributed by atoms with Crippen LogP contribution in [-0.4, -0.2) is 15.0 Å². The van der Waals surface area contributed by atoms with Crippen LogP contribution in [0.1, 0.15) is 0 Å². The molecule has 4 nitrogen and oxygen atoms in total. The normalized spacial score (nSPS) is 12.0. The maximum absolute atomic E-state index is 4.72. The Morgan fingerprint density at radius 3 is 1.40 bits per heavy atom. The van der Waals surface area contributed by atoms with E-state index in [2.05, 4.69) is 138 Å². The quantitative estimate of drug-likeness (QED) is 0.186. The third-order valence-corrected chi connectivity index (χ3v) is 12.2. The highest BCUT2D eigenvalue weighted by Crippen LogP contribution is 2.45. The first-order valence-corrected chi connectivity index (χ1v) is 18.3. The maximum Gasteiger partial charge on any atom is 0.113 e. The van der Waals surface area contributed by atoms with Crippen LogP contribution >= 0.6 is 22.7 Å². The number of hydrogen-bond donors (Lipinski definition) is 0. The van der Waals surface area contributed by atoms with E-state index in [1.54, 1.807) is 4.80 Å². The molecule has 0 aliphatic carbocycles. The Kier molecular flexibility index (Phi) is 5.96. The molecule has 0 aliphatic rings. The van der Waals surface area contributed by atoms with E-state index in [-0.39, 0.29) is 0 Å². The smallest absolute Gasteiger partial charge is 0.113 e. The average Bonchev–Trinajstić information content (AvgIpc) is 3.88. The van der Waals surface area contributed by atoms with Gasteiger partial charge in [0, 0.05) is 57.4 Å². The second-order valence-corrected chi connectivity index (χ2v) is 14.8.